The van der Waals surface area contributed by atoms with E-state index >= 15 is 0 Å². The van der Waals surface area contributed by atoms with Gasteiger partial charge in [0.05, 0.1) is 23.4 Å². The number of carbonyl (C=O) groups excluding carboxylic acids is 4. The topological polar surface area (TPSA) is 90.0 Å². The first kappa shape index (κ1) is 19.0. The zero-order chi connectivity index (χ0) is 20.1. The zero-order valence-electron chi connectivity index (χ0n) is 15.1. The summed E-state index contributed by atoms with van der Waals surface area (Å²) in [5.41, 5.74) is 1.63. The van der Waals surface area contributed by atoms with Gasteiger partial charge >= 0.3 is 11.9 Å². The van der Waals surface area contributed by atoms with Gasteiger partial charge in [-0.2, -0.15) is 0 Å². The number of hydrogen-bond acceptors (Lipinski definition) is 6. The van der Waals surface area contributed by atoms with E-state index in [1.54, 1.807) is 43.3 Å². The van der Waals surface area contributed by atoms with Crippen LogP contribution in [0, 0.1) is 0 Å². The molecule has 142 valence electrons. The highest BCUT2D eigenvalue weighted by molar-refractivity contribution is 6.28. The first-order valence-corrected chi connectivity index (χ1v) is 8.59. The van der Waals surface area contributed by atoms with Gasteiger partial charge in [0.2, 0.25) is 0 Å². The Morgan fingerprint density at radius 3 is 2.14 bits per heavy atom. The molecule has 0 unspecified atom stereocenters. The fourth-order valence-corrected chi connectivity index (χ4v) is 2.61. The highest BCUT2D eigenvalue weighted by atomic mass is 16.5. The van der Waals surface area contributed by atoms with Crippen LogP contribution in [0.4, 0.5) is 5.69 Å². The summed E-state index contributed by atoms with van der Waals surface area (Å²) < 4.78 is 10.2. The Bertz CT molecular complexity index is 943. The first-order chi connectivity index (χ1) is 13.5. The molecule has 0 aromatic heterocycles. The lowest BCUT2D eigenvalue weighted by atomic mass is 10.1. The van der Waals surface area contributed by atoms with Crippen molar-refractivity contribution in [1.82, 2.24) is 0 Å². The van der Waals surface area contributed by atoms with Crippen LogP contribution in [0.1, 0.15) is 33.2 Å². The van der Waals surface area contributed by atoms with Gasteiger partial charge in [0.25, 0.3) is 11.8 Å². The summed E-state index contributed by atoms with van der Waals surface area (Å²) in [4.78, 5) is 48.4. The van der Waals surface area contributed by atoms with Crippen molar-refractivity contribution in [3.8, 4) is 0 Å². The molecule has 0 spiro atoms. The fourth-order valence-electron chi connectivity index (χ4n) is 2.61. The quantitative estimate of drug-likeness (QED) is 0.566. The lowest BCUT2D eigenvalue weighted by Gasteiger charge is -2.14. The number of rotatable bonds is 6. The monoisotopic (exact) mass is 379 g/mol. The van der Waals surface area contributed by atoms with Crippen LogP contribution in [0.2, 0.25) is 0 Å². The van der Waals surface area contributed by atoms with E-state index in [0.717, 1.165) is 4.90 Å². The van der Waals surface area contributed by atoms with Gasteiger partial charge in [-0.05, 0) is 42.8 Å². The summed E-state index contributed by atoms with van der Waals surface area (Å²) in [6.07, 6.45) is 2.35. The molecule has 28 heavy (non-hydrogen) atoms. The van der Waals surface area contributed by atoms with Crippen LogP contribution < -0.4 is 4.90 Å². The van der Waals surface area contributed by atoms with Crippen molar-refractivity contribution in [3.63, 3.8) is 0 Å². The second-order valence-corrected chi connectivity index (χ2v) is 5.89. The van der Waals surface area contributed by atoms with Gasteiger partial charge in [-0.15, -0.1) is 0 Å². The minimum atomic E-state index is -0.594. The molecular formula is C21H17NO6. The molecule has 0 bridgehead atoms. The fraction of sp³-hybridized carbons (Fsp3) is 0.143. The third-order valence-electron chi connectivity index (χ3n) is 3.98. The lowest BCUT2D eigenvalue weighted by molar-refractivity contribution is -0.120. The van der Waals surface area contributed by atoms with Crippen LogP contribution in [0.3, 0.4) is 0 Å². The van der Waals surface area contributed by atoms with E-state index in [1.807, 2.05) is 0 Å². The van der Waals surface area contributed by atoms with Crippen LogP contribution in [-0.4, -0.2) is 30.4 Å². The Kier molecular flexibility index (Phi) is 5.64. The standard InChI is InChI=1S/C21H17NO6/c1-2-27-20(25)15-8-6-14(7-9-15)13-28-21(26)16-4-3-5-17(12-16)22-18(23)10-11-19(22)24/h3-12H,2,13H2,1H3. The zero-order valence-corrected chi connectivity index (χ0v) is 15.1. The molecule has 0 saturated carbocycles. The van der Waals surface area contributed by atoms with Crippen molar-refractivity contribution in [2.45, 2.75) is 13.5 Å². The normalized spacial score (nSPS) is 13.0. The van der Waals surface area contributed by atoms with E-state index in [-0.39, 0.29) is 12.2 Å². The van der Waals surface area contributed by atoms with Crippen LogP contribution in [0.5, 0.6) is 0 Å². The molecule has 0 N–H and O–H groups in total. The van der Waals surface area contributed by atoms with Gasteiger partial charge in [0, 0.05) is 12.2 Å². The van der Waals surface area contributed by atoms with Crippen molar-refractivity contribution in [2.24, 2.45) is 0 Å². The molecule has 0 saturated heterocycles. The molecule has 2 aromatic carbocycles. The van der Waals surface area contributed by atoms with Crippen molar-refractivity contribution in [3.05, 3.63) is 77.4 Å². The Labute approximate surface area is 161 Å². The molecule has 7 nitrogen and oxygen atoms in total. The number of carbonyl (C=O) groups is 4. The van der Waals surface area contributed by atoms with E-state index < -0.39 is 23.8 Å². The Hall–Kier alpha value is -3.74. The SMILES string of the molecule is CCOC(=O)c1ccc(COC(=O)c2cccc(N3C(=O)C=CC3=O)c2)cc1. The van der Waals surface area contributed by atoms with Crippen LogP contribution in [0.25, 0.3) is 0 Å². The number of ether oxygens (including phenoxy) is 2. The summed E-state index contributed by atoms with van der Waals surface area (Å²) in [5, 5.41) is 0. The molecule has 0 aliphatic carbocycles. The van der Waals surface area contributed by atoms with Gasteiger partial charge in [-0.25, -0.2) is 14.5 Å². The number of nitrogens with zero attached hydrogens (tertiary/aromatic N) is 1. The molecule has 3 rings (SSSR count). The highest BCUT2D eigenvalue weighted by Gasteiger charge is 2.25. The molecule has 1 aliphatic rings. The highest BCUT2D eigenvalue weighted by Crippen LogP contribution is 2.21. The molecule has 0 radical (unpaired) electrons. The van der Waals surface area contributed by atoms with E-state index in [0.29, 0.717) is 23.4 Å². The number of anilines is 1. The van der Waals surface area contributed by atoms with Gasteiger partial charge in [0.15, 0.2) is 0 Å². The van der Waals surface area contributed by atoms with Gasteiger partial charge in [-0.3, -0.25) is 9.59 Å². The number of benzene rings is 2. The van der Waals surface area contributed by atoms with Crippen molar-refractivity contribution >= 4 is 29.4 Å². The molecule has 2 aromatic rings. The van der Waals surface area contributed by atoms with E-state index in [2.05, 4.69) is 0 Å². The molecule has 7 heteroatoms. The third-order valence-corrected chi connectivity index (χ3v) is 3.98. The summed E-state index contributed by atoms with van der Waals surface area (Å²) in [5.74, 6) is -1.93. The summed E-state index contributed by atoms with van der Waals surface area (Å²) in [7, 11) is 0. The Morgan fingerprint density at radius 2 is 1.50 bits per heavy atom. The summed E-state index contributed by atoms with van der Waals surface area (Å²) in [6.45, 7) is 2.03. The lowest BCUT2D eigenvalue weighted by Crippen LogP contribution is -2.29. The maximum Gasteiger partial charge on any atom is 0.338 e. The van der Waals surface area contributed by atoms with E-state index in [9.17, 15) is 19.2 Å². The van der Waals surface area contributed by atoms with Crippen LogP contribution >= 0.6 is 0 Å². The van der Waals surface area contributed by atoms with Crippen molar-refractivity contribution in [1.29, 1.82) is 0 Å². The Balaban J connectivity index is 1.64. The average Bonchev–Trinajstić information content (AvgIpc) is 3.05. The summed E-state index contributed by atoms with van der Waals surface area (Å²) >= 11 is 0. The predicted octanol–water partition coefficient (Wildman–Crippen LogP) is 2.65. The molecular weight excluding hydrogens is 362 g/mol. The molecule has 0 atom stereocenters. The van der Waals surface area contributed by atoms with Crippen molar-refractivity contribution in [2.75, 3.05) is 11.5 Å². The predicted molar refractivity (Wildman–Crippen MR) is 99.6 cm³/mol. The minimum absolute atomic E-state index is 0.00922. The van der Waals surface area contributed by atoms with Gasteiger partial charge < -0.3 is 9.47 Å². The maximum atomic E-state index is 12.3. The second-order valence-electron chi connectivity index (χ2n) is 5.89. The van der Waals surface area contributed by atoms with Crippen LogP contribution in [0.15, 0.2) is 60.7 Å². The number of amides is 2. The minimum Gasteiger partial charge on any atom is -0.462 e. The molecule has 2 amide bonds. The number of hydrogen-bond donors (Lipinski definition) is 0. The smallest absolute Gasteiger partial charge is 0.338 e. The Morgan fingerprint density at radius 1 is 0.857 bits per heavy atom. The first-order valence-electron chi connectivity index (χ1n) is 8.59. The average molecular weight is 379 g/mol. The summed E-state index contributed by atoms with van der Waals surface area (Å²) in [6, 6.07) is 12.6. The largest absolute Gasteiger partial charge is 0.462 e. The third kappa shape index (κ3) is 4.15. The van der Waals surface area contributed by atoms with Crippen molar-refractivity contribution < 1.29 is 28.7 Å². The number of esters is 2. The molecule has 1 aliphatic heterocycles. The maximum absolute atomic E-state index is 12.3. The van der Waals surface area contributed by atoms with E-state index in [4.69, 9.17) is 9.47 Å². The van der Waals surface area contributed by atoms with Gasteiger partial charge in [0.1, 0.15) is 6.61 Å². The van der Waals surface area contributed by atoms with E-state index in [1.165, 1.54) is 24.3 Å². The second kappa shape index (κ2) is 8.30. The number of imide groups is 1. The molecule has 1 heterocycles. The molecule has 0 fully saturated rings. The van der Waals surface area contributed by atoms with Gasteiger partial charge in [-0.1, -0.05) is 18.2 Å². The van der Waals surface area contributed by atoms with Crippen LogP contribution in [-0.2, 0) is 25.7 Å².